The van der Waals surface area contributed by atoms with Gasteiger partial charge in [-0.25, -0.2) is 4.98 Å². The van der Waals surface area contributed by atoms with Crippen LogP contribution in [0.25, 0.3) is 0 Å². The Balaban J connectivity index is 1.32. The van der Waals surface area contributed by atoms with Crippen LogP contribution in [0.1, 0.15) is 50.4 Å². The average molecular weight is 403 g/mol. The minimum Gasteiger partial charge on any atom is -0.387 e. The number of carbonyl (C=O) groups is 1. The number of thiazole rings is 1. The largest absolute Gasteiger partial charge is 0.387 e. The van der Waals surface area contributed by atoms with Crippen molar-refractivity contribution in [3.63, 3.8) is 0 Å². The normalized spacial score (nSPS) is 22.5. The predicted molar refractivity (Wildman–Crippen MR) is 107 cm³/mol. The number of oxime groups is 1. The molecule has 2 aliphatic rings. The third-order valence-corrected chi connectivity index (χ3v) is 5.86. The van der Waals surface area contributed by atoms with Crippen LogP contribution in [-0.2, 0) is 22.7 Å². The van der Waals surface area contributed by atoms with E-state index in [2.05, 4.69) is 45.5 Å². The summed E-state index contributed by atoms with van der Waals surface area (Å²) >= 11 is 1.52. The fraction of sp³-hybridized carbons (Fsp3) is 0.579. The van der Waals surface area contributed by atoms with Crippen LogP contribution in [0.2, 0.25) is 0 Å². The lowest BCUT2D eigenvalue weighted by Crippen LogP contribution is -2.48. The summed E-state index contributed by atoms with van der Waals surface area (Å²) in [5, 5.41) is 13.4. The number of likely N-dealkylation sites (tertiary alicyclic amines) is 1. The first-order chi connectivity index (χ1) is 13.5. The Morgan fingerprint density at radius 2 is 2.36 bits per heavy atom. The van der Waals surface area contributed by atoms with E-state index in [-0.39, 0.29) is 11.5 Å². The molecule has 1 saturated heterocycles. The van der Waals surface area contributed by atoms with E-state index >= 15 is 0 Å². The van der Waals surface area contributed by atoms with Gasteiger partial charge in [-0.1, -0.05) is 5.16 Å². The van der Waals surface area contributed by atoms with Crippen molar-refractivity contribution in [2.75, 3.05) is 13.1 Å². The number of rotatable bonds is 6. The second-order valence-electron chi connectivity index (χ2n) is 7.89. The van der Waals surface area contributed by atoms with Crippen LogP contribution in [0.5, 0.6) is 0 Å². The van der Waals surface area contributed by atoms with E-state index in [0.717, 1.165) is 38.2 Å². The van der Waals surface area contributed by atoms with Crippen molar-refractivity contribution in [1.82, 2.24) is 25.0 Å². The zero-order valence-electron chi connectivity index (χ0n) is 16.3. The molecule has 0 saturated carbocycles. The molecule has 4 rings (SSSR count). The van der Waals surface area contributed by atoms with Crippen molar-refractivity contribution in [1.29, 1.82) is 0 Å². The van der Waals surface area contributed by atoms with Crippen LogP contribution in [-0.4, -0.2) is 50.0 Å². The number of piperidine rings is 1. The molecule has 1 N–H and O–H groups in total. The standard InChI is InChI=1S/C19H26N6O2S/c1-14(2)25-10-15(7-22-25)9-24-5-3-4-19(12-24)6-17(23-27-19)18(26)20-8-16-11-28-13-21-16/h7,10-11,13-14H,3-6,8-9,12H2,1-2H3,(H,20,26)/t19-/m1/s1. The molecule has 0 unspecified atom stereocenters. The number of aromatic nitrogens is 3. The van der Waals surface area contributed by atoms with Crippen molar-refractivity contribution in [2.45, 2.75) is 57.8 Å². The van der Waals surface area contributed by atoms with Crippen LogP contribution < -0.4 is 5.32 Å². The molecule has 8 nitrogen and oxygen atoms in total. The van der Waals surface area contributed by atoms with Gasteiger partial charge < -0.3 is 10.2 Å². The summed E-state index contributed by atoms with van der Waals surface area (Å²) in [5.74, 6) is -0.166. The van der Waals surface area contributed by atoms with Gasteiger partial charge in [0.2, 0.25) is 0 Å². The molecule has 1 atom stereocenters. The Kier molecular flexibility index (Phi) is 5.45. The first kappa shape index (κ1) is 19.1. The van der Waals surface area contributed by atoms with Gasteiger partial charge in [0.1, 0.15) is 5.71 Å². The fourth-order valence-electron chi connectivity index (χ4n) is 3.78. The highest BCUT2D eigenvalue weighted by Gasteiger charge is 2.44. The quantitative estimate of drug-likeness (QED) is 0.802. The maximum atomic E-state index is 12.4. The maximum Gasteiger partial charge on any atom is 0.269 e. The number of carbonyl (C=O) groups excluding carboxylic acids is 1. The molecule has 0 radical (unpaired) electrons. The molecular weight excluding hydrogens is 376 g/mol. The zero-order valence-corrected chi connectivity index (χ0v) is 17.1. The lowest BCUT2D eigenvalue weighted by atomic mass is 9.88. The summed E-state index contributed by atoms with van der Waals surface area (Å²) in [7, 11) is 0. The van der Waals surface area contributed by atoms with Crippen LogP contribution in [0.15, 0.2) is 28.4 Å². The number of hydrogen-bond donors (Lipinski definition) is 1. The van der Waals surface area contributed by atoms with Gasteiger partial charge in [-0.3, -0.25) is 14.4 Å². The molecule has 4 heterocycles. The number of hydrogen-bond acceptors (Lipinski definition) is 7. The molecule has 150 valence electrons. The third kappa shape index (κ3) is 4.25. The summed E-state index contributed by atoms with van der Waals surface area (Å²) in [4.78, 5) is 24.8. The van der Waals surface area contributed by atoms with Crippen molar-refractivity contribution in [2.24, 2.45) is 5.16 Å². The van der Waals surface area contributed by atoms with Crippen LogP contribution >= 0.6 is 11.3 Å². The molecule has 0 aromatic carbocycles. The first-order valence-corrected chi connectivity index (χ1v) is 10.6. The zero-order chi connectivity index (χ0) is 19.6. The lowest BCUT2D eigenvalue weighted by molar-refractivity contribution is -0.115. The van der Waals surface area contributed by atoms with Crippen molar-refractivity contribution < 1.29 is 9.63 Å². The highest BCUT2D eigenvalue weighted by molar-refractivity contribution is 7.07. The molecule has 28 heavy (non-hydrogen) atoms. The lowest BCUT2D eigenvalue weighted by Gasteiger charge is -2.38. The number of amides is 1. The minimum absolute atomic E-state index is 0.166. The van der Waals surface area contributed by atoms with E-state index in [9.17, 15) is 4.79 Å². The van der Waals surface area contributed by atoms with Gasteiger partial charge in [-0.05, 0) is 33.2 Å². The Labute approximate surface area is 168 Å². The van der Waals surface area contributed by atoms with Crippen molar-refractivity contribution in [3.8, 4) is 0 Å². The maximum absolute atomic E-state index is 12.4. The Morgan fingerprint density at radius 1 is 1.46 bits per heavy atom. The molecular formula is C19H26N6O2S. The molecule has 0 aliphatic carbocycles. The predicted octanol–water partition coefficient (Wildman–Crippen LogP) is 2.35. The molecule has 1 spiro atoms. The fourth-order valence-corrected chi connectivity index (χ4v) is 4.34. The van der Waals surface area contributed by atoms with Crippen LogP contribution in [0, 0.1) is 0 Å². The third-order valence-electron chi connectivity index (χ3n) is 5.22. The van der Waals surface area contributed by atoms with Crippen LogP contribution in [0.3, 0.4) is 0 Å². The minimum atomic E-state index is -0.389. The summed E-state index contributed by atoms with van der Waals surface area (Å²) in [6.45, 7) is 7.29. The monoisotopic (exact) mass is 402 g/mol. The second-order valence-corrected chi connectivity index (χ2v) is 8.61. The summed E-state index contributed by atoms with van der Waals surface area (Å²) < 4.78 is 1.98. The van der Waals surface area contributed by atoms with Gasteiger partial charge in [0, 0.05) is 42.7 Å². The van der Waals surface area contributed by atoms with E-state index in [1.807, 2.05) is 16.3 Å². The molecule has 9 heteroatoms. The second kappa shape index (κ2) is 8.00. The molecule has 2 aliphatic heterocycles. The smallest absolute Gasteiger partial charge is 0.269 e. The SMILES string of the molecule is CC(C)n1cc(CN2CCC[C@@]3(CC(C(=O)NCc4cscn4)=NO3)C2)cn1. The van der Waals surface area contributed by atoms with E-state index in [1.165, 1.54) is 16.9 Å². The summed E-state index contributed by atoms with van der Waals surface area (Å²) in [6, 6.07) is 0.360. The van der Waals surface area contributed by atoms with Crippen LogP contribution in [0.4, 0.5) is 0 Å². The molecule has 2 aromatic rings. The Hall–Kier alpha value is -2.26. The Morgan fingerprint density at radius 3 is 3.11 bits per heavy atom. The van der Waals surface area contributed by atoms with Gasteiger partial charge in [0.25, 0.3) is 5.91 Å². The van der Waals surface area contributed by atoms with E-state index in [0.29, 0.717) is 24.7 Å². The molecule has 1 amide bonds. The number of nitrogens with zero attached hydrogens (tertiary/aromatic N) is 5. The van der Waals surface area contributed by atoms with E-state index in [1.54, 1.807) is 5.51 Å². The van der Waals surface area contributed by atoms with Crippen molar-refractivity contribution >= 4 is 23.0 Å². The summed E-state index contributed by atoms with van der Waals surface area (Å²) in [6.07, 6.45) is 6.54. The van der Waals surface area contributed by atoms with Gasteiger partial charge in [-0.2, -0.15) is 5.10 Å². The Bertz CT molecular complexity index is 846. The molecule has 0 bridgehead atoms. The molecule has 1 fully saturated rings. The topological polar surface area (TPSA) is 84.6 Å². The average Bonchev–Trinajstić information content (AvgIpc) is 3.41. The van der Waals surface area contributed by atoms with Gasteiger partial charge >= 0.3 is 0 Å². The highest BCUT2D eigenvalue weighted by Crippen LogP contribution is 2.34. The highest BCUT2D eigenvalue weighted by atomic mass is 32.1. The van der Waals surface area contributed by atoms with Crippen molar-refractivity contribution in [3.05, 3.63) is 34.5 Å². The van der Waals surface area contributed by atoms with E-state index in [4.69, 9.17) is 4.84 Å². The number of nitrogens with one attached hydrogen (secondary N) is 1. The molecule has 2 aromatic heterocycles. The van der Waals surface area contributed by atoms with Gasteiger partial charge in [-0.15, -0.1) is 11.3 Å². The van der Waals surface area contributed by atoms with E-state index < -0.39 is 0 Å². The van der Waals surface area contributed by atoms with Gasteiger partial charge in [0.15, 0.2) is 5.60 Å². The first-order valence-electron chi connectivity index (χ1n) is 9.69. The van der Waals surface area contributed by atoms with Gasteiger partial charge in [0.05, 0.1) is 23.9 Å². The summed E-state index contributed by atoms with van der Waals surface area (Å²) in [5.41, 5.74) is 3.90.